The molecule has 1 aliphatic rings. The molecule has 0 saturated heterocycles. The van der Waals surface area contributed by atoms with Crippen LogP contribution in [0.25, 0.3) is 5.57 Å². The lowest BCUT2D eigenvalue weighted by atomic mass is 9.98. The molecule has 2 aromatic rings. The largest absolute Gasteiger partial charge is 0.465 e. The second-order valence-corrected chi connectivity index (χ2v) is 5.74. The quantitative estimate of drug-likeness (QED) is 0.483. The summed E-state index contributed by atoms with van der Waals surface area (Å²) in [7, 11) is 1.27. The summed E-state index contributed by atoms with van der Waals surface area (Å²) in [5.74, 6) is -0.573. The summed E-state index contributed by atoms with van der Waals surface area (Å²) >= 11 is 0. The summed E-state index contributed by atoms with van der Waals surface area (Å²) in [6, 6.07) is 14.5. The highest BCUT2D eigenvalue weighted by atomic mass is 16.6. The minimum atomic E-state index is -0.573. The van der Waals surface area contributed by atoms with Gasteiger partial charge in [-0.25, -0.2) is 4.79 Å². The zero-order valence-electron chi connectivity index (χ0n) is 13.8. The van der Waals surface area contributed by atoms with Gasteiger partial charge in [-0.3, -0.25) is 10.1 Å². The number of ether oxygens (including phenoxy) is 1. The van der Waals surface area contributed by atoms with Gasteiger partial charge >= 0.3 is 5.97 Å². The van der Waals surface area contributed by atoms with E-state index in [0.717, 1.165) is 13.0 Å². The highest BCUT2D eigenvalue weighted by Gasteiger charge is 2.22. The van der Waals surface area contributed by atoms with Crippen molar-refractivity contribution >= 4 is 22.9 Å². The van der Waals surface area contributed by atoms with Gasteiger partial charge in [-0.2, -0.15) is 0 Å². The van der Waals surface area contributed by atoms with E-state index in [1.165, 1.54) is 30.4 Å². The first-order valence-corrected chi connectivity index (χ1v) is 7.96. The van der Waals surface area contributed by atoms with E-state index in [9.17, 15) is 14.9 Å². The third kappa shape index (κ3) is 3.52. The zero-order chi connectivity index (χ0) is 17.8. The van der Waals surface area contributed by atoms with E-state index in [4.69, 9.17) is 4.74 Å². The fraction of sp³-hybridized carbons (Fsp3) is 0.211. The minimum absolute atomic E-state index is 0.123. The number of nitro benzene ring substituents is 1. The number of carbonyl (C=O) groups is 1. The van der Waals surface area contributed by atoms with Crippen molar-refractivity contribution in [2.75, 3.05) is 25.1 Å². The average molecular weight is 338 g/mol. The van der Waals surface area contributed by atoms with Gasteiger partial charge < -0.3 is 9.64 Å². The fourth-order valence-electron chi connectivity index (χ4n) is 2.99. The smallest absolute Gasteiger partial charge is 0.340 e. The molecule has 0 amide bonds. The number of esters is 1. The van der Waals surface area contributed by atoms with Crippen molar-refractivity contribution in [2.24, 2.45) is 0 Å². The fourth-order valence-corrected chi connectivity index (χ4v) is 2.99. The van der Waals surface area contributed by atoms with Crippen molar-refractivity contribution in [3.63, 3.8) is 0 Å². The van der Waals surface area contributed by atoms with Crippen LogP contribution in [-0.2, 0) is 4.74 Å². The lowest BCUT2D eigenvalue weighted by molar-refractivity contribution is -0.384. The van der Waals surface area contributed by atoms with Crippen molar-refractivity contribution in [3.8, 4) is 0 Å². The second-order valence-electron chi connectivity index (χ2n) is 5.74. The normalized spacial score (nSPS) is 14.0. The van der Waals surface area contributed by atoms with E-state index < -0.39 is 10.9 Å². The maximum absolute atomic E-state index is 12.1. The number of carbonyl (C=O) groups excluding carboxylic acids is 1. The molecule has 0 aliphatic carbocycles. The van der Waals surface area contributed by atoms with Gasteiger partial charge in [-0.15, -0.1) is 0 Å². The molecular formula is C19H18N2O4. The summed E-state index contributed by atoms with van der Waals surface area (Å²) in [5, 5.41) is 11.0. The Hall–Kier alpha value is -3.15. The van der Waals surface area contributed by atoms with Crippen molar-refractivity contribution in [2.45, 2.75) is 6.42 Å². The topological polar surface area (TPSA) is 72.7 Å². The molecular weight excluding hydrogens is 320 g/mol. The number of hydrogen-bond acceptors (Lipinski definition) is 5. The Labute approximate surface area is 145 Å². The molecule has 1 heterocycles. The molecule has 0 unspecified atom stereocenters. The van der Waals surface area contributed by atoms with Crippen LogP contribution in [0, 0.1) is 10.1 Å². The third-order valence-electron chi connectivity index (χ3n) is 4.29. The maximum atomic E-state index is 12.1. The van der Waals surface area contributed by atoms with E-state index in [-0.39, 0.29) is 11.3 Å². The van der Waals surface area contributed by atoms with E-state index in [1.807, 2.05) is 23.1 Å². The molecule has 0 saturated carbocycles. The van der Waals surface area contributed by atoms with Crippen LogP contribution in [0.1, 0.15) is 22.3 Å². The van der Waals surface area contributed by atoms with Crippen molar-refractivity contribution in [1.29, 1.82) is 0 Å². The van der Waals surface area contributed by atoms with E-state index >= 15 is 0 Å². The molecule has 3 rings (SSSR count). The van der Waals surface area contributed by atoms with Crippen LogP contribution in [0.2, 0.25) is 0 Å². The molecule has 0 bridgehead atoms. The second kappa shape index (κ2) is 7.17. The van der Waals surface area contributed by atoms with Gasteiger partial charge in [0.1, 0.15) is 0 Å². The molecule has 6 nitrogen and oxygen atoms in total. The molecule has 0 N–H and O–H groups in total. The molecule has 0 fully saturated rings. The maximum Gasteiger partial charge on any atom is 0.340 e. The van der Waals surface area contributed by atoms with Gasteiger partial charge in [0.15, 0.2) is 0 Å². The van der Waals surface area contributed by atoms with Gasteiger partial charge in [0.25, 0.3) is 5.69 Å². The number of hydrogen-bond donors (Lipinski definition) is 0. The summed E-state index contributed by atoms with van der Waals surface area (Å²) < 4.78 is 4.79. The van der Waals surface area contributed by atoms with E-state index in [2.05, 4.69) is 18.2 Å². The van der Waals surface area contributed by atoms with Crippen LogP contribution >= 0.6 is 0 Å². The molecule has 0 spiro atoms. The number of rotatable bonds is 4. The van der Waals surface area contributed by atoms with Crippen LogP contribution in [0.5, 0.6) is 0 Å². The lowest BCUT2D eigenvalue weighted by Gasteiger charge is -2.29. The summed E-state index contributed by atoms with van der Waals surface area (Å²) in [5.41, 5.74) is 3.20. The Morgan fingerprint density at radius 2 is 1.96 bits per heavy atom. The van der Waals surface area contributed by atoms with Crippen molar-refractivity contribution in [1.82, 2.24) is 0 Å². The molecule has 0 radical (unpaired) electrons. The van der Waals surface area contributed by atoms with Gasteiger partial charge in [0.05, 0.1) is 23.3 Å². The first-order chi connectivity index (χ1) is 12.1. The first kappa shape index (κ1) is 16.7. The Balaban J connectivity index is 1.89. The van der Waals surface area contributed by atoms with Crippen molar-refractivity contribution < 1.29 is 14.5 Å². The highest BCUT2D eigenvalue weighted by Crippen LogP contribution is 2.30. The number of benzene rings is 2. The van der Waals surface area contributed by atoms with Gasteiger partial charge in [-0.05, 0) is 23.6 Å². The third-order valence-corrected chi connectivity index (χ3v) is 4.29. The summed E-state index contributed by atoms with van der Waals surface area (Å²) in [6.07, 6.45) is 2.96. The Bertz CT molecular complexity index is 831. The lowest BCUT2D eigenvalue weighted by Crippen LogP contribution is -2.29. The number of non-ortho nitro benzene ring substituents is 1. The molecule has 25 heavy (non-hydrogen) atoms. The predicted octanol–water partition coefficient (Wildman–Crippen LogP) is 3.68. The minimum Gasteiger partial charge on any atom is -0.465 e. The molecule has 1 aliphatic heterocycles. The summed E-state index contributed by atoms with van der Waals surface area (Å²) in [4.78, 5) is 24.5. The Kier molecular flexibility index (Phi) is 4.79. The first-order valence-electron chi connectivity index (χ1n) is 7.96. The Morgan fingerprint density at radius 1 is 1.20 bits per heavy atom. The predicted molar refractivity (Wildman–Crippen MR) is 95.7 cm³/mol. The monoisotopic (exact) mass is 338 g/mol. The van der Waals surface area contributed by atoms with Gasteiger partial charge in [0, 0.05) is 25.2 Å². The van der Waals surface area contributed by atoms with Gasteiger partial charge in [0.2, 0.25) is 0 Å². The molecule has 0 atom stereocenters. The highest BCUT2D eigenvalue weighted by molar-refractivity contribution is 5.97. The number of nitrogens with zero attached hydrogens (tertiary/aromatic N) is 2. The van der Waals surface area contributed by atoms with Crippen LogP contribution < -0.4 is 4.90 Å². The van der Waals surface area contributed by atoms with Crippen LogP contribution in [0.4, 0.5) is 11.4 Å². The molecule has 2 aromatic carbocycles. The average Bonchev–Trinajstić information content (AvgIpc) is 2.67. The van der Waals surface area contributed by atoms with Crippen LogP contribution in [0.15, 0.2) is 54.6 Å². The van der Waals surface area contributed by atoms with E-state index in [0.29, 0.717) is 12.2 Å². The molecule has 6 heteroatoms. The number of methoxy groups -OCH3 is 1. The molecule has 128 valence electrons. The SMILES string of the molecule is COC(=O)c1cc([N+](=O)[O-])ccc1N1CC=C(c2ccccc2)CC1. The zero-order valence-corrected chi connectivity index (χ0v) is 13.8. The number of nitro groups is 1. The Morgan fingerprint density at radius 3 is 2.56 bits per heavy atom. The molecule has 0 aromatic heterocycles. The number of anilines is 1. The standard InChI is InChI=1S/C19H18N2O4/c1-25-19(22)17-13-16(21(23)24)7-8-18(17)20-11-9-15(10-12-20)14-5-3-2-4-6-14/h2-9,13H,10-12H2,1H3. The van der Waals surface area contributed by atoms with E-state index in [1.54, 1.807) is 6.07 Å². The van der Waals surface area contributed by atoms with Gasteiger partial charge in [-0.1, -0.05) is 36.4 Å². The van der Waals surface area contributed by atoms with Crippen molar-refractivity contribution in [3.05, 3.63) is 75.8 Å². The summed E-state index contributed by atoms with van der Waals surface area (Å²) in [6.45, 7) is 1.36. The van der Waals surface area contributed by atoms with Crippen LogP contribution in [-0.4, -0.2) is 31.1 Å². The van der Waals surface area contributed by atoms with Crippen LogP contribution in [0.3, 0.4) is 0 Å².